The Hall–Kier alpha value is -3.33. The third-order valence-corrected chi connectivity index (χ3v) is 3.77. The number of fused-ring (bicyclic) bond motifs is 1. The highest BCUT2D eigenvalue weighted by atomic mass is 35.5. The molecule has 0 atom stereocenters. The fourth-order valence-corrected chi connectivity index (χ4v) is 2.48. The van der Waals surface area contributed by atoms with Crippen molar-refractivity contribution >= 4 is 30.0 Å². The van der Waals surface area contributed by atoms with E-state index >= 15 is 0 Å². The van der Waals surface area contributed by atoms with Gasteiger partial charge in [0.15, 0.2) is 17.5 Å². The van der Waals surface area contributed by atoms with E-state index < -0.39 is 0 Å². The molecule has 0 aromatic heterocycles. The molecule has 150 valence electrons. The molecule has 0 bridgehead atoms. The van der Waals surface area contributed by atoms with Crippen molar-refractivity contribution in [3.63, 3.8) is 0 Å². The van der Waals surface area contributed by atoms with Gasteiger partial charge in [0, 0.05) is 12.6 Å². The quantitative estimate of drug-likeness (QED) is 0.442. The second kappa shape index (κ2) is 9.56. The molecule has 10 heteroatoms. The molecule has 28 heavy (non-hydrogen) atoms. The normalized spacial score (nSPS) is 12.0. The molecule has 5 N–H and O–H groups in total. The van der Waals surface area contributed by atoms with Crippen LogP contribution >= 0.6 is 12.4 Å². The summed E-state index contributed by atoms with van der Waals surface area (Å²) >= 11 is 0. The van der Waals surface area contributed by atoms with Crippen molar-refractivity contribution < 1.29 is 18.9 Å². The highest BCUT2D eigenvalue weighted by Crippen LogP contribution is 2.33. The lowest BCUT2D eigenvalue weighted by Gasteiger charge is -2.13. The number of hydrogen-bond donors (Lipinski definition) is 4. The van der Waals surface area contributed by atoms with Gasteiger partial charge in [-0.05, 0) is 29.8 Å². The highest BCUT2D eigenvalue weighted by molar-refractivity contribution is 5.97. The van der Waals surface area contributed by atoms with E-state index in [9.17, 15) is 0 Å². The third kappa shape index (κ3) is 5.10. The minimum absolute atomic E-state index is 0. The van der Waals surface area contributed by atoms with Crippen molar-refractivity contribution in [2.45, 2.75) is 6.54 Å². The van der Waals surface area contributed by atoms with Crippen molar-refractivity contribution in [1.29, 1.82) is 5.41 Å². The van der Waals surface area contributed by atoms with Crippen LogP contribution in [-0.4, -0.2) is 32.9 Å². The molecular formula is C18H22ClN5O4. The lowest BCUT2D eigenvalue weighted by molar-refractivity contribution is 0.174. The zero-order chi connectivity index (χ0) is 19.2. The standard InChI is InChI=1S/C18H21N5O4.ClH/c1-24-12-4-6-14(25-2)13(8-12)22-18(23-17(19)20)21-9-11-3-5-15-16(7-11)27-10-26-15;/h3-8H,9-10H2,1-2H3,(H5,19,20,21,22,23);1H. The number of guanidine groups is 2. The van der Waals surface area contributed by atoms with Crippen molar-refractivity contribution in [2.75, 3.05) is 21.0 Å². The molecule has 2 aromatic carbocycles. The van der Waals surface area contributed by atoms with Gasteiger partial charge >= 0.3 is 0 Å². The second-order valence-corrected chi connectivity index (χ2v) is 5.58. The topological polar surface area (TPSA) is 123 Å². The fourth-order valence-electron chi connectivity index (χ4n) is 2.48. The number of nitrogens with zero attached hydrogens (tertiary/aromatic N) is 1. The minimum Gasteiger partial charge on any atom is -0.497 e. The van der Waals surface area contributed by atoms with E-state index in [1.165, 1.54) is 0 Å². The predicted molar refractivity (Wildman–Crippen MR) is 108 cm³/mol. The number of ether oxygens (including phenoxy) is 4. The molecular weight excluding hydrogens is 386 g/mol. The number of nitrogens with two attached hydrogens (primary N) is 1. The number of methoxy groups -OCH3 is 2. The molecule has 0 spiro atoms. The first-order chi connectivity index (χ1) is 13.1. The van der Waals surface area contributed by atoms with Crippen LogP contribution in [0.25, 0.3) is 0 Å². The van der Waals surface area contributed by atoms with E-state index in [0.29, 0.717) is 35.4 Å². The van der Waals surface area contributed by atoms with Crippen LogP contribution in [0.5, 0.6) is 23.0 Å². The fraction of sp³-hybridized carbons (Fsp3) is 0.222. The Morgan fingerprint density at radius 1 is 1.14 bits per heavy atom. The molecule has 0 amide bonds. The summed E-state index contributed by atoms with van der Waals surface area (Å²) in [6.45, 7) is 0.655. The van der Waals surface area contributed by atoms with Crippen LogP contribution in [0.1, 0.15) is 5.56 Å². The maximum Gasteiger partial charge on any atom is 0.231 e. The number of nitrogens with one attached hydrogen (secondary N) is 3. The van der Waals surface area contributed by atoms with Gasteiger partial charge in [0.05, 0.1) is 14.2 Å². The number of hydrogen-bond acceptors (Lipinski definition) is 6. The van der Waals surface area contributed by atoms with Crippen molar-refractivity contribution in [1.82, 2.24) is 10.6 Å². The molecule has 1 heterocycles. The summed E-state index contributed by atoms with van der Waals surface area (Å²) in [6.07, 6.45) is 0. The molecule has 0 aliphatic carbocycles. The lowest BCUT2D eigenvalue weighted by Crippen LogP contribution is -2.43. The maximum absolute atomic E-state index is 7.50. The number of rotatable bonds is 5. The molecule has 1 aliphatic heterocycles. The molecule has 2 aromatic rings. The highest BCUT2D eigenvalue weighted by Gasteiger charge is 2.13. The van der Waals surface area contributed by atoms with E-state index in [4.69, 9.17) is 30.1 Å². The Kier molecular flexibility index (Phi) is 7.16. The van der Waals surface area contributed by atoms with Gasteiger partial charge in [-0.1, -0.05) is 6.07 Å². The maximum atomic E-state index is 7.50. The van der Waals surface area contributed by atoms with E-state index in [0.717, 1.165) is 11.3 Å². The lowest BCUT2D eigenvalue weighted by atomic mass is 10.2. The van der Waals surface area contributed by atoms with Crippen molar-refractivity contribution in [3.05, 3.63) is 42.0 Å². The average molecular weight is 408 g/mol. The summed E-state index contributed by atoms with van der Waals surface area (Å²) in [6, 6.07) is 10.9. The van der Waals surface area contributed by atoms with E-state index in [2.05, 4.69) is 15.6 Å². The molecule has 0 unspecified atom stereocenters. The van der Waals surface area contributed by atoms with Crippen LogP contribution in [-0.2, 0) is 6.54 Å². The molecule has 1 aliphatic rings. The van der Waals surface area contributed by atoms with Gasteiger partial charge in [-0.2, -0.15) is 0 Å². The molecule has 9 nitrogen and oxygen atoms in total. The van der Waals surface area contributed by atoms with Crippen LogP contribution < -0.4 is 35.3 Å². The summed E-state index contributed by atoms with van der Waals surface area (Å²) in [5.41, 5.74) is 6.96. The molecule has 0 fully saturated rings. The van der Waals surface area contributed by atoms with Crippen molar-refractivity contribution in [2.24, 2.45) is 10.7 Å². The first kappa shape index (κ1) is 21.0. The number of benzene rings is 2. The average Bonchev–Trinajstić information content (AvgIpc) is 3.13. The summed E-state index contributed by atoms with van der Waals surface area (Å²) in [4.78, 5) is 4.48. The van der Waals surface area contributed by atoms with Crippen LogP contribution in [0.4, 0.5) is 5.69 Å². The largest absolute Gasteiger partial charge is 0.497 e. The van der Waals surface area contributed by atoms with Gasteiger partial charge in [0.1, 0.15) is 17.2 Å². The Labute approximate surface area is 168 Å². The smallest absolute Gasteiger partial charge is 0.231 e. The van der Waals surface area contributed by atoms with Gasteiger partial charge in [0.2, 0.25) is 12.8 Å². The Balaban J connectivity index is 0.00000280. The van der Waals surface area contributed by atoms with Crippen molar-refractivity contribution in [3.8, 4) is 23.0 Å². The zero-order valence-electron chi connectivity index (χ0n) is 15.4. The van der Waals surface area contributed by atoms with Crippen LogP contribution in [0.2, 0.25) is 0 Å². The summed E-state index contributed by atoms with van der Waals surface area (Å²) in [5.74, 6) is 2.66. The van der Waals surface area contributed by atoms with E-state index in [1.54, 1.807) is 32.4 Å². The first-order valence-corrected chi connectivity index (χ1v) is 8.13. The molecule has 3 rings (SSSR count). The Morgan fingerprint density at radius 3 is 2.64 bits per heavy atom. The molecule has 0 saturated carbocycles. The van der Waals surface area contributed by atoms with E-state index in [-0.39, 0.29) is 25.2 Å². The van der Waals surface area contributed by atoms with Gasteiger partial charge < -0.3 is 30.0 Å². The van der Waals surface area contributed by atoms with Crippen LogP contribution in [0.3, 0.4) is 0 Å². The molecule has 0 radical (unpaired) electrons. The zero-order valence-corrected chi connectivity index (χ0v) is 16.3. The third-order valence-electron chi connectivity index (χ3n) is 3.77. The van der Waals surface area contributed by atoms with Gasteiger partial charge in [-0.15, -0.1) is 12.4 Å². The second-order valence-electron chi connectivity index (χ2n) is 5.58. The van der Waals surface area contributed by atoms with Crippen LogP contribution in [0, 0.1) is 5.41 Å². The number of halogens is 1. The summed E-state index contributed by atoms with van der Waals surface area (Å²) < 4.78 is 21.3. The molecule has 0 saturated heterocycles. The van der Waals surface area contributed by atoms with Gasteiger partial charge in [0.25, 0.3) is 0 Å². The predicted octanol–water partition coefficient (Wildman–Crippen LogP) is 2.11. The Bertz CT molecular complexity index is 875. The van der Waals surface area contributed by atoms with Crippen LogP contribution in [0.15, 0.2) is 41.4 Å². The summed E-state index contributed by atoms with van der Waals surface area (Å²) in [7, 11) is 3.13. The Morgan fingerprint density at radius 2 is 1.93 bits per heavy atom. The van der Waals surface area contributed by atoms with Gasteiger partial charge in [-0.25, -0.2) is 4.99 Å². The summed E-state index contributed by atoms with van der Waals surface area (Å²) in [5, 5.41) is 13.3. The van der Waals surface area contributed by atoms with Gasteiger partial charge in [-0.3, -0.25) is 10.7 Å². The minimum atomic E-state index is -0.242. The number of aliphatic imine (C=N–C) groups is 1. The SMILES string of the molecule is COc1ccc(OC)c(N=C(NCc2ccc3c(c2)OCO3)NC(=N)N)c1.Cl. The first-order valence-electron chi connectivity index (χ1n) is 8.13. The van der Waals surface area contributed by atoms with E-state index in [1.807, 2.05) is 18.2 Å². The monoisotopic (exact) mass is 407 g/mol.